The van der Waals surface area contributed by atoms with E-state index < -0.39 is 5.95 Å². The van der Waals surface area contributed by atoms with Crippen LogP contribution in [0.1, 0.15) is 24.6 Å². The lowest BCUT2D eigenvalue weighted by molar-refractivity contribution is 0.456. The molecule has 4 nitrogen and oxygen atoms in total. The highest BCUT2D eigenvalue weighted by molar-refractivity contribution is 5.88. The fourth-order valence-electron chi connectivity index (χ4n) is 2.42. The summed E-state index contributed by atoms with van der Waals surface area (Å²) in [6.45, 7) is 0. The number of aromatic hydroxyl groups is 1. The molecule has 5 heteroatoms. The van der Waals surface area contributed by atoms with Gasteiger partial charge in [-0.05, 0) is 42.2 Å². The van der Waals surface area contributed by atoms with Crippen molar-refractivity contribution in [2.24, 2.45) is 0 Å². The summed E-state index contributed by atoms with van der Waals surface area (Å²) < 4.78 is 13.2. The normalized spacial score (nSPS) is 14.5. The van der Waals surface area contributed by atoms with Gasteiger partial charge in [-0.15, -0.1) is 0 Å². The summed E-state index contributed by atoms with van der Waals surface area (Å²) in [6.07, 6.45) is 3.58. The predicted molar refractivity (Wildman–Crippen MR) is 76.4 cm³/mol. The van der Waals surface area contributed by atoms with E-state index in [9.17, 15) is 9.50 Å². The van der Waals surface area contributed by atoms with E-state index in [0.717, 1.165) is 18.4 Å². The molecular weight excluding hydrogens is 269 g/mol. The summed E-state index contributed by atoms with van der Waals surface area (Å²) in [5.74, 6) is 0.549. The highest BCUT2D eigenvalue weighted by atomic mass is 19.1. The molecule has 0 spiro atoms. The number of fused-ring (bicyclic) bond motifs is 1. The summed E-state index contributed by atoms with van der Waals surface area (Å²) in [7, 11) is 0. The van der Waals surface area contributed by atoms with Crippen LogP contribution in [0.2, 0.25) is 0 Å². The van der Waals surface area contributed by atoms with Crippen LogP contribution in [0.3, 0.4) is 0 Å². The Balaban J connectivity index is 1.86. The molecule has 4 rings (SSSR count). The molecule has 0 aliphatic heterocycles. The molecule has 0 saturated heterocycles. The molecule has 1 aromatic carbocycles. The first-order valence-corrected chi connectivity index (χ1v) is 6.83. The van der Waals surface area contributed by atoms with E-state index in [4.69, 9.17) is 0 Å². The lowest BCUT2D eigenvalue weighted by Gasteiger charge is -2.06. The van der Waals surface area contributed by atoms with Crippen molar-refractivity contribution >= 4 is 10.9 Å². The molecule has 1 fully saturated rings. The van der Waals surface area contributed by atoms with Crippen LogP contribution in [0.5, 0.6) is 5.88 Å². The maximum absolute atomic E-state index is 13.2. The minimum Gasteiger partial charge on any atom is -0.493 e. The predicted octanol–water partition coefficient (Wildman–Crippen LogP) is 3.41. The maximum atomic E-state index is 13.2. The molecule has 0 amide bonds. The average molecular weight is 281 g/mol. The van der Waals surface area contributed by atoms with Gasteiger partial charge in [0.05, 0.1) is 10.9 Å². The number of benzene rings is 1. The monoisotopic (exact) mass is 281 g/mol. The zero-order valence-corrected chi connectivity index (χ0v) is 11.1. The maximum Gasteiger partial charge on any atom is 0.222 e. The number of hydrogen-bond acceptors (Lipinski definition) is 4. The smallest absolute Gasteiger partial charge is 0.222 e. The highest BCUT2D eigenvalue weighted by Gasteiger charge is 2.27. The molecule has 1 aliphatic carbocycles. The van der Waals surface area contributed by atoms with E-state index in [1.54, 1.807) is 12.1 Å². The van der Waals surface area contributed by atoms with Crippen LogP contribution in [0.15, 0.2) is 36.5 Å². The van der Waals surface area contributed by atoms with Gasteiger partial charge in [0.15, 0.2) is 0 Å². The summed E-state index contributed by atoms with van der Waals surface area (Å²) in [5, 5.41) is 10.7. The van der Waals surface area contributed by atoms with Gasteiger partial charge in [-0.2, -0.15) is 9.37 Å². The minimum absolute atomic E-state index is 0.0155. The number of aromatic nitrogens is 3. The van der Waals surface area contributed by atoms with Gasteiger partial charge < -0.3 is 5.11 Å². The third-order valence-corrected chi connectivity index (χ3v) is 3.70. The Labute approximate surface area is 120 Å². The molecule has 2 heterocycles. The standard InChI is InChI=1S/C16H12FN3O/c17-14-8-11(5-6-18-14)10-3-4-13-12(7-10)16(21)20-15(19-13)9-1-2-9/h3-9H,1-2H2,(H,19,20,21). The van der Waals surface area contributed by atoms with Gasteiger partial charge in [0.2, 0.25) is 11.8 Å². The number of nitrogens with zero attached hydrogens (tertiary/aromatic N) is 3. The summed E-state index contributed by atoms with van der Waals surface area (Å²) in [5.41, 5.74) is 2.21. The van der Waals surface area contributed by atoms with Crippen LogP contribution in [0, 0.1) is 5.95 Å². The molecule has 21 heavy (non-hydrogen) atoms. The van der Waals surface area contributed by atoms with Crippen molar-refractivity contribution < 1.29 is 9.50 Å². The lowest BCUT2D eigenvalue weighted by Crippen LogP contribution is -1.94. The largest absolute Gasteiger partial charge is 0.493 e. The van der Waals surface area contributed by atoms with Crippen molar-refractivity contribution in [3.05, 3.63) is 48.3 Å². The van der Waals surface area contributed by atoms with E-state index in [0.29, 0.717) is 28.2 Å². The first kappa shape index (κ1) is 12.2. The van der Waals surface area contributed by atoms with Gasteiger partial charge in [-0.1, -0.05) is 6.07 Å². The third-order valence-electron chi connectivity index (χ3n) is 3.70. The van der Waals surface area contributed by atoms with Crippen LogP contribution in [-0.2, 0) is 0 Å². The van der Waals surface area contributed by atoms with Crippen LogP contribution in [0.4, 0.5) is 4.39 Å². The van der Waals surface area contributed by atoms with Crippen molar-refractivity contribution in [1.29, 1.82) is 0 Å². The Morgan fingerprint density at radius 1 is 1.05 bits per heavy atom. The molecule has 104 valence electrons. The van der Waals surface area contributed by atoms with Gasteiger partial charge in [0.1, 0.15) is 5.82 Å². The molecule has 0 bridgehead atoms. The molecule has 3 aromatic rings. The van der Waals surface area contributed by atoms with Crippen molar-refractivity contribution in [3.8, 4) is 17.0 Å². The van der Waals surface area contributed by atoms with Crippen molar-refractivity contribution in [2.45, 2.75) is 18.8 Å². The number of pyridine rings is 1. The van der Waals surface area contributed by atoms with E-state index in [2.05, 4.69) is 15.0 Å². The van der Waals surface area contributed by atoms with E-state index in [1.165, 1.54) is 12.3 Å². The first-order chi connectivity index (χ1) is 10.2. The van der Waals surface area contributed by atoms with Crippen LogP contribution in [-0.4, -0.2) is 20.1 Å². The average Bonchev–Trinajstić information content (AvgIpc) is 3.31. The minimum atomic E-state index is -0.530. The molecule has 1 saturated carbocycles. The number of halogens is 1. The van der Waals surface area contributed by atoms with E-state index >= 15 is 0 Å². The Hall–Kier alpha value is -2.56. The molecule has 1 aliphatic rings. The Bertz CT molecular complexity index is 846. The summed E-state index contributed by atoms with van der Waals surface area (Å²) in [6, 6.07) is 8.55. The SMILES string of the molecule is Oc1nc(C2CC2)nc2ccc(-c3ccnc(F)c3)cc12. The first-order valence-electron chi connectivity index (χ1n) is 6.83. The quantitative estimate of drug-likeness (QED) is 0.731. The van der Waals surface area contributed by atoms with Gasteiger partial charge in [0, 0.05) is 18.2 Å². The van der Waals surface area contributed by atoms with Gasteiger partial charge >= 0.3 is 0 Å². The van der Waals surface area contributed by atoms with Crippen LogP contribution in [0.25, 0.3) is 22.0 Å². The van der Waals surface area contributed by atoms with E-state index in [1.807, 2.05) is 12.1 Å². The summed E-state index contributed by atoms with van der Waals surface area (Å²) in [4.78, 5) is 12.2. The molecule has 0 unspecified atom stereocenters. The molecule has 0 atom stereocenters. The lowest BCUT2D eigenvalue weighted by atomic mass is 10.0. The Morgan fingerprint density at radius 2 is 1.86 bits per heavy atom. The molecule has 1 N–H and O–H groups in total. The van der Waals surface area contributed by atoms with Crippen molar-refractivity contribution in [1.82, 2.24) is 15.0 Å². The van der Waals surface area contributed by atoms with Gasteiger partial charge in [0.25, 0.3) is 0 Å². The number of hydrogen-bond donors (Lipinski definition) is 1. The summed E-state index contributed by atoms with van der Waals surface area (Å²) >= 11 is 0. The fourth-order valence-corrected chi connectivity index (χ4v) is 2.42. The Kier molecular flexibility index (Phi) is 2.60. The number of rotatable bonds is 2. The van der Waals surface area contributed by atoms with Gasteiger partial charge in [-0.25, -0.2) is 9.97 Å². The van der Waals surface area contributed by atoms with Crippen LogP contribution >= 0.6 is 0 Å². The molecule has 2 aromatic heterocycles. The highest BCUT2D eigenvalue weighted by Crippen LogP contribution is 2.40. The van der Waals surface area contributed by atoms with Crippen molar-refractivity contribution in [3.63, 3.8) is 0 Å². The second-order valence-corrected chi connectivity index (χ2v) is 5.28. The fraction of sp³-hybridized carbons (Fsp3) is 0.188. The Morgan fingerprint density at radius 3 is 2.62 bits per heavy atom. The second kappa shape index (κ2) is 4.48. The third kappa shape index (κ3) is 2.20. The zero-order valence-electron chi connectivity index (χ0n) is 11.1. The molecular formula is C16H12FN3O. The topological polar surface area (TPSA) is 58.9 Å². The zero-order chi connectivity index (χ0) is 14.4. The van der Waals surface area contributed by atoms with Crippen molar-refractivity contribution in [2.75, 3.05) is 0 Å². The van der Waals surface area contributed by atoms with E-state index in [-0.39, 0.29) is 5.88 Å². The van der Waals surface area contributed by atoms with Crippen LogP contribution < -0.4 is 0 Å². The van der Waals surface area contributed by atoms with Gasteiger partial charge in [-0.3, -0.25) is 0 Å². The second-order valence-electron chi connectivity index (χ2n) is 5.28. The molecule has 0 radical (unpaired) electrons.